The Hall–Kier alpha value is -0.660. The molecule has 0 aromatic heterocycles. The van der Waals surface area contributed by atoms with E-state index < -0.39 is 0 Å². The molecule has 0 aliphatic carbocycles. The van der Waals surface area contributed by atoms with Crippen LogP contribution in [0.5, 0.6) is 0 Å². The van der Waals surface area contributed by atoms with Gasteiger partial charge >= 0.3 is 26.2 Å². The molecule has 0 fully saturated rings. The van der Waals surface area contributed by atoms with Crippen LogP contribution in [0.15, 0.2) is 48.5 Å². The maximum absolute atomic E-state index is 3.25. The molecule has 0 saturated heterocycles. The fourth-order valence-electron chi connectivity index (χ4n) is 4.67. The van der Waals surface area contributed by atoms with Gasteiger partial charge < -0.3 is 6.92 Å². The Morgan fingerprint density at radius 3 is 1.02 bits per heavy atom. The van der Waals surface area contributed by atoms with Gasteiger partial charge in [0, 0.05) is 11.0 Å². The summed E-state index contributed by atoms with van der Waals surface area (Å²) in [5.41, 5.74) is 8.66. The van der Waals surface area contributed by atoms with Gasteiger partial charge in [-0.2, -0.15) is 19.1 Å². The van der Waals surface area contributed by atoms with Gasteiger partial charge in [0.05, 0.1) is 0 Å². The fraction of sp³-hybridized carbons (Fsp3) is 0.472. The van der Waals surface area contributed by atoms with Crippen LogP contribution in [0.2, 0.25) is 0 Å². The first-order chi connectivity index (χ1) is 17.0. The van der Waals surface area contributed by atoms with E-state index in [9.17, 15) is 0 Å². The molecule has 0 aliphatic heterocycles. The van der Waals surface area contributed by atoms with E-state index in [1.165, 1.54) is 54.9 Å². The van der Waals surface area contributed by atoms with Crippen molar-refractivity contribution in [1.29, 1.82) is 0 Å². The number of halogens is 2. The van der Waals surface area contributed by atoms with Gasteiger partial charge in [-0.15, -0.1) is 81.8 Å². The van der Waals surface area contributed by atoms with Crippen LogP contribution in [0.3, 0.4) is 0 Å². The Bertz CT molecular complexity index is 1120. The predicted molar refractivity (Wildman–Crippen MR) is 188 cm³/mol. The monoisotopic (exact) mass is 675 g/mol. The number of hydrogen-bond donors (Lipinski definition) is 0. The maximum Gasteiger partial charge on any atom is 3.00 e. The third kappa shape index (κ3) is 12.3. The summed E-state index contributed by atoms with van der Waals surface area (Å²) in [6, 6.07) is 18.7. The van der Waals surface area contributed by atoms with Crippen LogP contribution in [-0.4, -0.2) is 11.0 Å². The minimum absolute atomic E-state index is 0. The quantitative estimate of drug-likeness (QED) is 0.149. The van der Waals surface area contributed by atoms with Crippen molar-refractivity contribution < 1.29 is 26.2 Å². The Morgan fingerprint density at radius 2 is 0.800 bits per heavy atom. The normalized spacial score (nSPS) is 9.85. The first-order valence-corrected chi connectivity index (χ1v) is 14.1. The molecule has 0 saturated carbocycles. The molecule has 0 heterocycles. The topological polar surface area (TPSA) is 0 Å². The van der Waals surface area contributed by atoms with E-state index in [1.54, 1.807) is 6.92 Å². The van der Waals surface area contributed by atoms with Crippen molar-refractivity contribution in [1.82, 2.24) is 0 Å². The van der Waals surface area contributed by atoms with Crippen molar-refractivity contribution in [2.45, 2.75) is 114 Å². The molecule has 0 spiro atoms. The Labute approximate surface area is 284 Å². The van der Waals surface area contributed by atoms with Crippen molar-refractivity contribution in [3.8, 4) is 0 Å². The van der Waals surface area contributed by atoms with Crippen LogP contribution >= 0.6 is 24.8 Å². The second-order valence-electron chi connectivity index (χ2n) is 10.9. The molecule has 4 rings (SSSR count). The Morgan fingerprint density at radius 1 is 0.525 bits per heavy atom. The van der Waals surface area contributed by atoms with E-state index >= 15 is 0 Å². The largest absolute Gasteiger partial charge is 3.00 e. The van der Waals surface area contributed by atoms with E-state index in [0.717, 1.165) is 0 Å². The van der Waals surface area contributed by atoms with Crippen LogP contribution in [0, 0.1) is 20.8 Å². The molecular formula is C36H55Cl2SiZr. The molecule has 0 unspecified atom stereocenters. The van der Waals surface area contributed by atoms with Gasteiger partial charge in [0.15, 0.2) is 0 Å². The second kappa shape index (κ2) is 22.0. The van der Waals surface area contributed by atoms with Crippen molar-refractivity contribution in [3.63, 3.8) is 0 Å². The number of fused-ring (bicyclic) bond motifs is 2. The molecule has 221 valence electrons. The standard InChI is InChI=1S/2C16H21.C2H6.C2H5.2ClH.Si.Zr/c2*1-10(2)13-8-14-6-12(5)7-16(14)15(9-13)11(3)4;2*1-2;;;;/h2*6-11H,1-5H3;1-2H3;1H2,2H3;2*1H;;/q2*-1;;-1;;;;+3. The molecule has 4 heteroatoms. The third-order valence-electron chi connectivity index (χ3n) is 6.62. The minimum Gasteiger partial charge on any atom is -0.346 e. The molecule has 0 atom stereocenters. The van der Waals surface area contributed by atoms with Crippen LogP contribution in [-0.2, 0) is 26.2 Å². The summed E-state index contributed by atoms with van der Waals surface area (Å²) in [4.78, 5) is 0. The summed E-state index contributed by atoms with van der Waals surface area (Å²) in [6.45, 7) is 31.5. The van der Waals surface area contributed by atoms with E-state index in [-0.39, 0.29) is 62.0 Å². The van der Waals surface area contributed by atoms with Crippen molar-refractivity contribution in [3.05, 3.63) is 88.8 Å². The average molecular weight is 678 g/mol. The fourth-order valence-corrected chi connectivity index (χ4v) is 4.67. The molecule has 40 heavy (non-hydrogen) atoms. The van der Waals surface area contributed by atoms with Gasteiger partial charge in [0.2, 0.25) is 0 Å². The summed E-state index contributed by atoms with van der Waals surface area (Å²) in [5, 5.41) is 5.70. The summed E-state index contributed by atoms with van der Waals surface area (Å²) >= 11 is 0. The van der Waals surface area contributed by atoms with E-state index in [1.807, 2.05) is 13.8 Å². The molecule has 0 aliphatic rings. The summed E-state index contributed by atoms with van der Waals surface area (Å²) in [5.74, 6) is 2.42. The van der Waals surface area contributed by atoms with E-state index in [4.69, 9.17) is 0 Å². The molecule has 5 radical (unpaired) electrons. The van der Waals surface area contributed by atoms with Crippen molar-refractivity contribution in [2.75, 3.05) is 0 Å². The van der Waals surface area contributed by atoms with Crippen LogP contribution in [0.4, 0.5) is 0 Å². The van der Waals surface area contributed by atoms with Gasteiger partial charge in [0.25, 0.3) is 0 Å². The van der Waals surface area contributed by atoms with Crippen LogP contribution in [0.1, 0.15) is 133 Å². The zero-order valence-electron chi connectivity index (χ0n) is 27.5. The Kier molecular flexibility index (Phi) is 25.4. The number of aryl methyl sites for hydroxylation is 2. The first kappa shape index (κ1) is 46.3. The number of hydrogen-bond acceptors (Lipinski definition) is 0. The molecule has 0 nitrogen and oxygen atoms in total. The van der Waals surface area contributed by atoms with Gasteiger partial charge in [0.1, 0.15) is 0 Å². The summed E-state index contributed by atoms with van der Waals surface area (Å²) < 4.78 is 0. The molecule has 0 N–H and O–H groups in total. The average Bonchev–Trinajstić information content (AvgIpc) is 3.40. The van der Waals surface area contributed by atoms with Crippen molar-refractivity contribution >= 4 is 57.3 Å². The second-order valence-corrected chi connectivity index (χ2v) is 10.9. The van der Waals surface area contributed by atoms with Crippen molar-refractivity contribution in [2.24, 2.45) is 0 Å². The van der Waals surface area contributed by atoms with E-state index in [2.05, 4.69) is 125 Å². The van der Waals surface area contributed by atoms with Gasteiger partial charge in [-0.05, 0) is 23.7 Å². The van der Waals surface area contributed by atoms with Crippen LogP contribution < -0.4 is 0 Å². The smallest absolute Gasteiger partial charge is 0.346 e. The van der Waals surface area contributed by atoms with Gasteiger partial charge in [-0.1, -0.05) is 117 Å². The SMILES string of the molecule is CC.Cc1cc2c(C(C)C)cc(C(C)C)cc2[cH-]1.Cc1cc2c(C(C)C)cc(C(C)C)cc2[cH-]1.Cl.Cl.[CH2-]C.[Si].[Zr+3]. The molecular weight excluding hydrogens is 623 g/mol. The molecule has 4 aromatic carbocycles. The van der Waals surface area contributed by atoms with Crippen LogP contribution in [0.25, 0.3) is 21.5 Å². The zero-order chi connectivity index (χ0) is 27.7. The maximum atomic E-state index is 3.25. The Balaban J connectivity index is -0.000000264. The summed E-state index contributed by atoms with van der Waals surface area (Å²) in [6.07, 6.45) is 0. The van der Waals surface area contributed by atoms with Gasteiger partial charge in [-0.3, -0.25) is 0 Å². The molecule has 0 bridgehead atoms. The number of benzene rings is 2. The molecule has 0 amide bonds. The number of rotatable bonds is 4. The zero-order valence-corrected chi connectivity index (χ0v) is 32.5. The first-order valence-electron chi connectivity index (χ1n) is 14.1. The molecule has 4 aromatic rings. The van der Waals surface area contributed by atoms with Gasteiger partial charge in [-0.25, -0.2) is 0 Å². The van der Waals surface area contributed by atoms with E-state index in [0.29, 0.717) is 23.7 Å². The third-order valence-corrected chi connectivity index (χ3v) is 6.62. The predicted octanol–water partition coefficient (Wildman–Crippen LogP) is 12.6. The minimum atomic E-state index is 0. The summed E-state index contributed by atoms with van der Waals surface area (Å²) in [7, 11) is 0.